The van der Waals surface area contributed by atoms with Gasteiger partial charge in [0.2, 0.25) is 0 Å². The van der Waals surface area contributed by atoms with E-state index in [9.17, 15) is 4.79 Å². The van der Waals surface area contributed by atoms with Gasteiger partial charge in [0.1, 0.15) is 0 Å². The minimum Gasteiger partial charge on any atom is -0.309 e. The number of hydrogen-bond acceptors (Lipinski definition) is 1. The van der Waals surface area contributed by atoms with Gasteiger partial charge in [0.05, 0.1) is 22.1 Å². The first-order valence-corrected chi connectivity index (χ1v) is 19.3. The Kier molecular flexibility index (Phi) is 6.10. The van der Waals surface area contributed by atoms with Gasteiger partial charge in [-0.15, -0.1) is 0 Å². The molecule has 2 heterocycles. The molecule has 0 radical (unpaired) electrons. The summed E-state index contributed by atoms with van der Waals surface area (Å²) in [5.74, 6) is 0. The second-order valence-electron chi connectivity index (χ2n) is 16.0. The van der Waals surface area contributed by atoms with Crippen molar-refractivity contribution in [3.05, 3.63) is 201 Å². The van der Waals surface area contributed by atoms with E-state index in [-0.39, 0.29) is 10.8 Å². The number of benzene rings is 8. The van der Waals surface area contributed by atoms with Crippen LogP contribution in [0.1, 0.15) is 47.2 Å². The zero-order chi connectivity index (χ0) is 36.6. The van der Waals surface area contributed by atoms with Gasteiger partial charge in [-0.05, 0) is 135 Å². The number of rotatable bonds is 2. The summed E-state index contributed by atoms with van der Waals surface area (Å²) < 4.78 is 4.75. The SMILES string of the molecule is CC1(C)c2ccccc2-c2c1c1c(c3cc4c(cc23)Cc2ccccc2C4)c2ccccc2n1-c1ccc(-n2c3ccccc3c(=O)c3ccccc32)cc1. The molecule has 0 unspecified atom stereocenters. The van der Waals surface area contributed by atoms with Crippen molar-refractivity contribution >= 4 is 54.4 Å². The van der Waals surface area contributed by atoms with Gasteiger partial charge < -0.3 is 9.13 Å². The van der Waals surface area contributed by atoms with E-state index in [1.54, 1.807) is 0 Å². The van der Waals surface area contributed by atoms with Gasteiger partial charge in [0.25, 0.3) is 0 Å². The molecule has 0 saturated carbocycles. The highest BCUT2D eigenvalue weighted by Crippen LogP contribution is 2.56. The summed E-state index contributed by atoms with van der Waals surface area (Å²) in [6.07, 6.45) is 1.92. The fourth-order valence-corrected chi connectivity index (χ4v) is 10.3. The summed E-state index contributed by atoms with van der Waals surface area (Å²) in [6.45, 7) is 4.82. The minimum atomic E-state index is -0.222. The first-order valence-electron chi connectivity index (χ1n) is 19.3. The van der Waals surface area contributed by atoms with Crippen LogP contribution in [0.3, 0.4) is 0 Å². The second-order valence-corrected chi connectivity index (χ2v) is 16.0. The molecule has 3 nitrogen and oxygen atoms in total. The van der Waals surface area contributed by atoms with Gasteiger partial charge in [0, 0.05) is 38.3 Å². The third-order valence-corrected chi connectivity index (χ3v) is 12.8. The van der Waals surface area contributed by atoms with Crippen LogP contribution in [0.2, 0.25) is 0 Å². The Morgan fingerprint density at radius 2 is 0.964 bits per heavy atom. The highest BCUT2D eigenvalue weighted by atomic mass is 16.1. The van der Waals surface area contributed by atoms with E-state index in [2.05, 4.69) is 144 Å². The average Bonchev–Trinajstić information content (AvgIpc) is 3.69. The number of pyridine rings is 1. The standard InChI is InChI=1S/C52H36N2O/c1-52(2)43-19-9-5-15-37(43)47-41-29-33-27-31-13-3-4-14-32(31)28-34(33)30-42(41)48-38-16-6-10-20-44(38)54(50(48)49(47)52)36-25-23-35(24-26-36)53-45-21-11-7-17-39(45)51(55)40-18-8-12-22-46(40)53/h3-26,29-30H,27-28H2,1-2H3. The van der Waals surface area contributed by atoms with Crippen molar-refractivity contribution in [3.8, 4) is 22.5 Å². The van der Waals surface area contributed by atoms with Gasteiger partial charge in [-0.1, -0.05) is 105 Å². The largest absolute Gasteiger partial charge is 0.309 e. The zero-order valence-corrected chi connectivity index (χ0v) is 30.7. The molecule has 2 aliphatic carbocycles. The van der Waals surface area contributed by atoms with Crippen molar-refractivity contribution in [2.75, 3.05) is 0 Å². The number of para-hydroxylation sites is 3. The van der Waals surface area contributed by atoms with Crippen LogP contribution in [0.25, 0.3) is 76.9 Å². The summed E-state index contributed by atoms with van der Waals surface area (Å²) in [6, 6.07) is 56.9. The van der Waals surface area contributed by atoms with E-state index in [0.29, 0.717) is 0 Å². The maximum atomic E-state index is 13.6. The van der Waals surface area contributed by atoms with Gasteiger partial charge in [-0.25, -0.2) is 0 Å². The van der Waals surface area contributed by atoms with Crippen LogP contribution >= 0.6 is 0 Å². The van der Waals surface area contributed by atoms with Crippen LogP contribution in [0, 0.1) is 0 Å². The van der Waals surface area contributed by atoms with E-state index in [1.807, 2.05) is 36.4 Å². The summed E-state index contributed by atoms with van der Waals surface area (Å²) in [5, 5.41) is 6.74. The number of nitrogens with zero attached hydrogens (tertiary/aromatic N) is 2. The Morgan fingerprint density at radius 1 is 0.473 bits per heavy atom. The van der Waals surface area contributed by atoms with Crippen molar-refractivity contribution < 1.29 is 0 Å². The zero-order valence-electron chi connectivity index (χ0n) is 30.7. The highest BCUT2D eigenvalue weighted by molar-refractivity contribution is 6.27. The second kappa shape index (κ2) is 10.9. The maximum absolute atomic E-state index is 13.6. The normalized spacial score (nSPS) is 14.1. The summed E-state index contributed by atoms with van der Waals surface area (Å²) >= 11 is 0. The van der Waals surface area contributed by atoms with E-state index < -0.39 is 0 Å². The molecule has 10 aromatic rings. The molecule has 12 rings (SSSR count). The maximum Gasteiger partial charge on any atom is 0.197 e. The molecular formula is C52H36N2O. The molecule has 55 heavy (non-hydrogen) atoms. The fraction of sp³-hybridized carbons (Fsp3) is 0.0962. The Balaban J connectivity index is 1.17. The van der Waals surface area contributed by atoms with Crippen LogP contribution < -0.4 is 5.43 Å². The van der Waals surface area contributed by atoms with Gasteiger partial charge in [-0.3, -0.25) is 4.79 Å². The Hall–Kier alpha value is -6.71. The third kappa shape index (κ3) is 4.07. The van der Waals surface area contributed by atoms with E-state index in [4.69, 9.17) is 0 Å². The third-order valence-electron chi connectivity index (χ3n) is 12.8. The minimum absolute atomic E-state index is 0.0690. The van der Waals surface area contributed by atoms with Crippen molar-refractivity contribution in [3.63, 3.8) is 0 Å². The lowest BCUT2D eigenvalue weighted by atomic mass is 9.79. The first-order chi connectivity index (χ1) is 27.0. The molecule has 3 heteroatoms. The van der Waals surface area contributed by atoms with Crippen LogP contribution in [0.5, 0.6) is 0 Å². The lowest BCUT2D eigenvalue weighted by molar-refractivity contribution is 0.664. The molecule has 0 N–H and O–H groups in total. The number of hydrogen-bond donors (Lipinski definition) is 0. The highest BCUT2D eigenvalue weighted by Gasteiger charge is 2.40. The molecule has 0 spiro atoms. The monoisotopic (exact) mass is 704 g/mol. The summed E-state index contributed by atoms with van der Waals surface area (Å²) in [5.41, 5.74) is 17.5. The molecule has 0 amide bonds. The molecule has 8 aromatic carbocycles. The fourth-order valence-electron chi connectivity index (χ4n) is 10.3. The van der Waals surface area contributed by atoms with Crippen molar-refractivity contribution in [1.29, 1.82) is 0 Å². The van der Waals surface area contributed by atoms with Crippen LogP contribution in [-0.4, -0.2) is 9.13 Å². The van der Waals surface area contributed by atoms with Gasteiger partial charge in [-0.2, -0.15) is 0 Å². The van der Waals surface area contributed by atoms with Crippen LogP contribution in [0.4, 0.5) is 0 Å². The molecule has 2 aromatic heterocycles. The van der Waals surface area contributed by atoms with Crippen LogP contribution in [-0.2, 0) is 18.3 Å². The van der Waals surface area contributed by atoms with Gasteiger partial charge in [0.15, 0.2) is 5.43 Å². The van der Waals surface area contributed by atoms with Crippen molar-refractivity contribution in [2.24, 2.45) is 0 Å². The molecule has 0 bridgehead atoms. The first kappa shape index (κ1) is 30.7. The van der Waals surface area contributed by atoms with E-state index >= 15 is 0 Å². The van der Waals surface area contributed by atoms with Crippen molar-refractivity contribution in [2.45, 2.75) is 32.1 Å². The predicted octanol–water partition coefficient (Wildman–Crippen LogP) is 12.2. The van der Waals surface area contributed by atoms with Crippen molar-refractivity contribution in [1.82, 2.24) is 9.13 Å². The predicted molar refractivity (Wildman–Crippen MR) is 229 cm³/mol. The quantitative estimate of drug-likeness (QED) is 0.165. The molecule has 0 atom stereocenters. The summed E-state index contributed by atoms with van der Waals surface area (Å²) in [7, 11) is 0. The molecule has 0 saturated heterocycles. The van der Waals surface area contributed by atoms with Gasteiger partial charge >= 0.3 is 0 Å². The topological polar surface area (TPSA) is 26.9 Å². The lowest BCUT2D eigenvalue weighted by Gasteiger charge is -2.25. The van der Waals surface area contributed by atoms with Crippen LogP contribution in [0.15, 0.2) is 163 Å². The molecule has 2 aliphatic rings. The Labute approximate surface area is 318 Å². The average molecular weight is 705 g/mol. The van der Waals surface area contributed by atoms with E-state index in [1.165, 1.54) is 77.1 Å². The molecule has 0 fully saturated rings. The molecule has 0 aliphatic heterocycles. The Bertz CT molecular complexity index is 3300. The number of aromatic nitrogens is 2. The molecular weight excluding hydrogens is 669 g/mol. The summed E-state index contributed by atoms with van der Waals surface area (Å²) in [4.78, 5) is 13.6. The number of fused-ring (bicyclic) bond motifs is 14. The molecule has 260 valence electrons. The smallest absolute Gasteiger partial charge is 0.197 e. The Morgan fingerprint density at radius 3 is 1.60 bits per heavy atom. The van der Waals surface area contributed by atoms with E-state index in [0.717, 1.165) is 46.0 Å². The lowest BCUT2D eigenvalue weighted by Crippen LogP contribution is -2.17.